The lowest BCUT2D eigenvalue weighted by Crippen LogP contribution is -2.11. The fourth-order valence-corrected chi connectivity index (χ4v) is 1.58. The zero-order valence-electron chi connectivity index (χ0n) is 9.72. The first-order chi connectivity index (χ1) is 8.97. The molecule has 0 N–H and O–H groups in total. The molecule has 0 aromatic carbocycles. The summed E-state index contributed by atoms with van der Waals surface area (Å²) >= 11 is 3.06. The summed E-state index contributed by atoms with van der Waals surface area (Å²) in [4.78, 5) is 28.5. The maximum atomic E-state index is 11.0. The van der Waals surface area contributed by atoms with Crippen LogP contribution in [0.4, 0.5) is 5.95 Å². The van der Waals surface area contributed by atoms with Crippen LogP contribution in [0.2, 0.25) is 0 Å². The second-order valence-electron chi connectivity index (χ2n) is 3.60. The number of aryl methyl sites for hydroxylation is 1. The van der Waals surface area contributed by atoms with Crippen LogP contribution in [0.25, 0.3) is 5.95 Å². The molecule has 0 bridgehead atoms. The molecule has 11 heteroatoms. The molecular formula is C8H8BrN7O3. The molecule has 19 heavy (non-hydrogen) atoms. The van der Waals surface area contributed by atoms with E-state index in [9.17, 15) is 14.9 Å². The van der Waals surface area contributed by atoms with Crippen molar-refractivity contribution < 1.29 is 9.72 Å². The number of Topliss-reactive ketones (excluding diaryl/α,β-unsaturated/α-hetero) is 1. The van der Waals surface area contributed by atoms with E-state index in [0.29, 0.717) is 4.73 Å². The molecule has 0 saturated carbocycles. The zero-order chi connectivity index (χ0) is 14.0. The molecule has 2 aromatic rings. The number of hydrogen-bond donors (Lipinski definition) is 0. The third-order valence-electron chi connectivity index (χ3n) is 2.15. The SMILES string of the molecule is CC(=O)CCn1nc([N+](=O)[O-])nc1-n1cnc(Br)n1. The van der Waals surface area contributed by atoms with Crippen LogP contribution in [0.15, 0.2) is 11.1 Å². The number of aromatic nitrogens is 6. The van der Waals surface area contributed by atoms with Crippen molar-refractivity contribution in [1.82, 2.24) is 29.5 Å². The Morgan fingerprint density at radius 2 is 2.26 bits per heavy atom. The van der Waals surface area contributed by atoms with Gasteiger partial charge in [0, 0.05) is 11.5 Å². The molecule has 0 atom stereocenters. The lowest BCUT2D eigenvalue weighted by molar-refractivity contribution is -0.394. The summed E-state index contributed by atoms with van der Waals surface area (Å²) in [6.45, 7) is 1.61. The molecule has 2 aromatic heterocycles. The highest BCUT2D eigenvalue weighted by Crippen LogP contribution is 2.12. The summed E-state index contributed by atoms with van der Waals surface area (Å²) in [5.74, 6) is -0.472. The van der Waals surface area contributed by atoms with Gasteiger partial charge in [0.1, 0.15) is 12.1 Å². The van der Waals surface area contributed by atoms with Gasteiger partial charge in [0.15, 0.2) is 0 Å². The van der Waals surface area contributed by atoms with E-state index in [1.807, 2.05) is 0 Å². The van der Waals surface area contributed by atoms with E-state index in [4.69, 9.17) is 0 Å². The fraction of sp³-hybridized carbons (Fsp3) is 0.375. The van der Waals surface area contributed by atoms with Crippen LogP contribution in [-0.4, -0.2) is 40.2 Å². The smallest absolute Gasteiger partial charge is 0.390 e. The van der Waals surface area contributed by atoms with Gasteiger partial charge >= 0.3 is 11.9 Å². The summed E-state index contributed by atoms with van der Waals surface area (Å²) in [6.07, 6.45) is 1.53. The number of halogens is 1. The molecule has 10 nitrogen and oxygen atoms in total. The van der Waals surface area contributed by atoms with E-state index in [1.165, 1.54) is 22.6 Å². The van der Waals surface area contributed by atoms with Gasteiger partial charge in [-0.05, 0) is 32.8 Å². The van der Waals surface area contributed by atoms with Crippen molar-refractivity contribution in [3.63, 3.8) is 0 Å². The molecule has 0 aliphatic rings. The van der Waals surface area contributed by atoms with Crippen LogP contribution in [0.3, 0.4) is 0 Å². The van der Waals surface area contributed by atoms with Gasteiger partial charge in [-0.2, -0.15) is 4.68 Å². The monoisotopic (exact) mass is 329 g/mol. The van der Waals surface area contributed by atoms with Crippen LogP contribution in [-0.2, 0) is 11.3 Å². The molecule has 0 aliphatic carbocycles. The normalized spacial score (nSPS) is 10.6. The van der Waals surface area contributed by atoms with Gasteiger partial charge in [-0.1, -0.05) is 0 Å². The van der Waals surface area contributed by atoms with Crippen molar-refractivity contribution in [1.29, 1.82) is 0 Å². The Balaban J connectivity index is 2.39. The molecule has 0 radical (unpaired) electrons. The highest BCUT2D eigenvalue weighted by atomic mass is 79.9. The van der Waals surface area contributed by atoms with Gasteiger partial charge in [0.05, 0.1) is 6.54 Å². The molecule has 100 valence electrons. The van der Waals surface area contributed by atoms with Gasteiger partial charge in [-0.3, -0.25) is 4.79 Å². The van der Waals surface area contributed by atoms with Crippen LogP contribution in [0.1, 0.15) is 13.3 Å². The first kappa shape index (κ1) is 13.3. The van der Waals surface area contributed by atoms with Crippen molar-refractivity contribution in [3.05, 3.63) is 21.2 Å². The Kier molecular flexibility index (Phi) is 3.64. The van der Waals surface area contributed by atoms with Crippen LogP contribution < -0.4 is 0 Å². The highest BCUT2D eigenvalue weighted by molar-refractivity contribution is 9.10. The zero-order valence-corrected chi connectivity index (χ0v) is 11.3. The van der Waals surface area contributed by atoms with E-state index >= 15 is 0 Å². The molecule has 0 aliphatic heterocycles. The number of rotatable bonds is 5. The van der Waals surface area contributed by atoms with Crippen LogP contribution in [0, 0.1) is 10.1 Å². The summed E-state index contributed by atoms with van der Waals surface area (Å²) in [5, 5.41) is 18.3. The van der Waals surface area contributed by atoms with Crippen LogP contribution in [0.5, 0.6) is 0 Å². The van der Waals surface area contributed by atoms with Gasteiger partial charge in [0.25, 0.3) is 0 Å². The summed E-state index contributed by atoms with van der Waals surface area (Å²) in [6, 6.07) is 0. The number of carbonyl (C=O) groups is 1. The highest BCUT2D eigenvalue weighted by Gasteiger charge is 2.23. The lowest BCUT2D eigenvalue weighted by atomic mass is 10.3. The van der Waals surface area contributed by atoms with E-state index < -0.39 is 10.9 Å². The maximum absolute atomic E-state index is 11.0. The average molecular weight is 330 g/mol. The third kappa shape index (κ3) is 2.99. The molecule has 0 fully saturated rings. The van der Waals surface area contributed by atoms with Gasteiger partial charge in [0.2, 0.25) is 4.73 Å². The lowest BCUT2D eigenvalue weighted by Gasteiger charge is -1.97. The first-order valence-corrected chi connectivity index (χ1v) is 5.93. The second-order valence-corrected chi connectivity index (χ2v) is 4.31. The molecule has 2 heterocycles. The third-order valence-corrected chi connectivity index (χ3v) is 2.51. The minimum atomic E-state index is -0.709. The number of nitrogens with zero attached hydrogens (tertiary/aromatic N) is 7. The molecule has 0 unspecified atom stereocenters. The first-order valence-electron chi connectivity index (χ1n) is 5.13. The largest absolute Gasteiger partial charge is 0.493 e. The molecular weight excluding hydrogens is 322 g/mol. The minimum absolute atomic E-state index is 0.0520. The van der Waals surface area contributed by atoms with Crippen molar-refractivity contribution in [3.8, 4) is 5.95 Å². The Bertz CT molecular complexity index is 634. The number of hydrogen-bond acceptors (Lipinski definition) is 7. The fourth-order valence-electron chi connectivity index (χ4n) is 1.32. The van der Waals surface area contributed by atoms with Gasteiger partial charge in [-0.15, -0.1) is 9.78 Å². The Morgan fingerprint density at radius 1 is 1.53 bits per heavy atom. The average Bonchev–Trinajstić information content (AvgIpc) is 2.92. The van der Waals surface area contributed by atoms with Crippen molar-refractivity contribution in [2.75, 3.05) is 0 Å². The van der Waals surface area contributed by atoms with Gasteiger partial charge in [-0.25, -0.2) is 4.98 Å². The number of carbonyl (C=O) groups excluding carboxylic acids is 1. The summed E-state index contributed by atoms with van der Waals surface area (Å²) in [7, 11) is 0. The predicted molar refractivity (Wildman–Crippen MR) is 64.6 cm³/mol. The van der Waals surface area contributed by atoms with Crippen molar-refractivity contribution >= 4 is 27.7 Å². The van der Waals surface area contributed by atoms with E-state index in [1.54, 1.807) is 0 Å². The molecule has 0 saturated heterocycles. The standard InChI is InChI=1S/C8H8BrN7O3/c1-5(17)2-3-14-8(11-7(13-14)16(18)19)15-4-10-6(9)12-15/h4H,2-3H2,1H3. The Hall–Kier alpha value is -2.17. The topological polar surface area (TPSA) is 122 Å². The van der Waals surface area contributed by atoms with Crippen LogP contribution >= 0.6 is 15.9 Å². The maximum Gasteiger partial charge on any atom is 0.493 e. The summed E-state index contributed by atoms with van der Waals surface area (Å²) in [5.41, 5.74) is 0. The van der Waals surface area contributed by atoms with Gasteiger partial charge < -0.3 is 10.1 Å². The minimum Gasteiger partial charge on any atom is -0.390 e. The molecule has 0 amide bonds. The Morgan fingerprint density at radius 3 is 2.79 bits per heavy atom. The second kappa shape index (κ2) is 5.22. The van der Waals surface area contributed by atoms with E-state index in [0.717, 1.165) is 0 Å². The van der Waals surface area contributed by atoms with Crippen molar-refractivity contribution in [2.24, 2.45) is 0 Å². The van der Waals surface area contributed by atoms with E-state index in [-0.39, 0.29) is 24.7 Å². The quantitative estimate of drug-likeness (QED) is 0.578. The molecule has 0 spiro atoms. The van der Waals surface area contributed by atoms with E-state index in [2.05, 4.69) is 36.1 Å². The molecule has 2 rings (SSSR count). The number of nitro groups is 1. The number of ketones is 1. The Labute approximate surface area is 114 Å². The van der Waals surface area contributed by atoms with Crippen molar-refractivity contribution in [2.45, 2.75) is 19.9 Å². The predicted octanol–water partition coefficient (Wildman–Crippen LogP) is 0.509. The summed E-state index contributed by atoms with van der Waals surface area (Å²) < 4.78 is 2.81.